The number of halogens is 2. The van der Waals surface area contributed by atoms with Crippen molar-refractivity contribution in [3.8, 4) is 5.75 Å². The fraction of sp³-hybridized carbons (Fsp3) is 0.533. The minimum Gasteiger partial charge on any atom is -0.496 e. The summed E-state index contributed by atoms with van der Waals surface area (Å²) in [6.07, 6.45) is 2.31. The van der Waals surface area contributed by atoms with Gasteiger partial charge in [0.2, 0.25) is 0 Å². The van der Waals surface area contributed by atoms with Gasteiger partial charge in [0.1, 0.15) is 5.75 Å². The molecule has 1 unspecified atom stereocenters. The number of nitrogens with two attached hydrogens (primary N) is 1. The smallest absolute Gasteiger partial charge is 0.255 e. The molecule has 0 aliphatic carbocycles. The van der Waals surface area contributed by atoms with E-state index in [0.29, 0.717) is 27.9 Å². The number of fused-ring (bicyclic) bond motifs is 3. The first-order valence-electron chi connectivity index (χ1n) is 7.24. The Hall–Kier alpha value is -1.25. The van der Waals surface area contributed by atoms with Crippen molar-refractivity contribution in [1.82, 2.24) is 10.2 Å². The van der Waals surface area contributed by atoms with Gasteiger partial charge < -0.3 is 31.6 Å². The van der Waals surface area contributed by atoms with E-state index in [1.807, 2.05) is 0 Å². The molecule has 3 fully saturated rings. The van der Waals surface area contributed by atoms with Crippen LogP contribution >= 0.6 is 24.0 Å². The first-order valence-corrected chi connectivity index (χ1v) is 7.62. The molecule has 3 heterocycles. The van der Waals surface area contributed by atoms with Gasteiger partial charge in [-0.05, 0) is 37.9 Å². The Morgan fingerprint density at radius 2 is 1.96 bits per heavy atom. The molecule has 0 saturated carbocycles. The van der Waals surface area contributed by atoms with Gasteiger partial charge in [0, 0.05) is 18.7 Å². The van der Waals surface area contributed by atoms with Crippen molar-refractivity contribution < 1.29 is 20.5 Å². The topological polar surface area (TPSA) is 131 Å². The lowest BCUT2D eigenvalue weighted by Crippen LogP contribution is -2.57. The van der Waals surface area contributed by atoms with Crippen LogP contribution in [0.15, 0.2) is 12.1 Å². The Balaban J connectivity index is 0.00000176. The summed E-state index contributed by atoms with van der Waals surface area (Å²) in [4.78, 5) is 14.9. The molecule has 1 atom stereocenters. The zero-order valence-corrected chi connectivity index (χ0v) is 15.0. The number of ether oxygens (including phenoxy) is 1. The van der Waals surface area contributed by atoms with E-state index in [1.165, 1.54) is 7.11 Å². The number of amides is 1. The van der Waals surface area contributed by atoms with Crippen LogP contribution in [0.2, 0.25) is 5.02 Å². The van der Waals surface area contributed by atoms with Crippen molar-refractivity contribution in [2.24, 2.45) is 5.92 Å². The Labute approximate surface area is 152 Å². The molecule has 2 bridgehead atoms. The van der Waals surface area contributed by atoms with Crippen LogP contribution in [0.25, 0.3) is 0 Å². The molecular formula is C15H25Cl2N3O4. The lowest BCUT2D eigenvalue weighted by molar-refractivity contribution is 0.0619. The van der Waals surface area contributed by atoms with E-state index >= 15 is 0 Å². The monoisotopic (exact) mass is 381 g/mol. The Kier molecular flexibility index (Phi) is 8.81. The second-order valence-electron chi connectivity index (χ2n) is 5.79. The summed E-state index contributed by atoms with van der Waals surface area (Å²) < 4.78 is 5.24. The van der Waals surface area contributed by atoms with Gasteiger partial charge in [-0.3, -0.25) is 4.79 Å². The second kappa shape index (κ2) is 9.29. The first kappa shape index (κ1) is 22.8. The molecule has 3 saturated heterocycles. The third kappa shape index (κ3) is 4.43. The predicted molar refractivity (Wildman–Crippen MR) is 97.3 cm³/mol. The fourth-order valence-electron chi connectivity index (χ4n) is 3.29. The largest absolute Gasteiger partial charge is 0.496 e. The van der Waals surface area contributed by atoms with Crippen molar-refractivity contribution in [1.29, 1.82) is 0 Å². The number of carbonyl (C=O) groups is 1. The van der Waals surface area contributed by atoms with Crippen LogP contribution < -0.4 is 15.8 Å². The molecule has 3 aliphatic heterocycles. The molecule has 4 rings (SSSR count). The van der Waals surface area contributed by atoms with E-state index in [4.69, 9.17) is 22.1 Å². The van der Waals surface area contributed by atoms with Gasteiger partial charge in [-0.15, -0.1) is 12.4 Å². The van der Waals surface area contributed by atoms with E-state index in [2.05, 4.69) is 10.2 Å². The van der Waals surface area contributed by atoms with Crippen molar-refractivity contribution in [3.05, 3.63) is 22.7 Å². The second-order valence-corrected chi connectivity index (χ2v) is 6.20. The van der Waals surface area contributed by atoms with Crippen LogP contribution in [0.5, 0.6) is 5.75 Å². The molecule has 9 heteroatoms. The van der Waals surface area contributed by atoms with Gasteiger partial charge in [0.05, 0.1) is 23.4 Å². The highest BCUT2D eigenvalue weighted by atomic mass is 35.5. The Morgan fingerprint density at radius 3 is 2.46 bits per heavy atom. The van der Waals surface area contributed by atoms with E-state index in [1.54, 1.807) is 12.1 Å². The number of benzene rings is 1. The van der Waals surface area contributed by atoms with E-state index in [9.17, 15) is 4.79 Å². The van der Waals surface area contributed by atoms with Crippen molar-refractivity contribution >= 4 is 35.6 Å². The maximum atomic E-state index is 12.5. The summed E-state index contributed by atoms with van der Waals surface area (Å²) in [7, 11) is 1.52. The summed E-state index contributed by atoms with van der Waals surface area (Å²) in [5.74, 6) is 0.886. The maximum absolute atomic E-state index is 12.5. The van der Waals surface area contributed by atoms with Crippen molar-refractivity contribution in [2.45, 2.75) is 18.9 Å². The molecule has 1 aromatic rings. The average molecular weight is 382 g/mol. The summed E-state index contributed by atoms with van der Waals surface area (Å²) in [6.45, 7) is 3.23. The number of anilines is 1. The summed E-state index contributed by atoms with van der Waals surface area (Å²) in [6, 6.07) is 3.38. The number of rotatable bonds is 3. The van der Waals surface area contributed by atoms with Crippen LogP contribution in [0.1, 0.15) is 23.2 Å². The van der Waals surface area contributed by atoms with E-state index in [0.717, 1.165) is 32.5 Å². The molecule has 1 amide bonds. The maximum Gasteiger partial charge on any atom is 0.255 e. The lowest BCUT2D eigenvalue weighted by atomic mass is 9.84. The molecule has 7 nitrogen and oxygen atoms in total. The van der Waals surface area contributed by atoms with Gasteiger partial charge in [-0.1, -0.05) is 11.6 Å². The highest BCUT2D eigenvalue weighted by Crippen LogP contribution is 2.31. The molecule has 0 spiro atoms. The SMILES string of the molecule is COc1cc(N)c(Cl)cc1C(=O)NC1CN2CCC1CC2.Cl.O.O. The molecule has 0 radical (unpaired) electrons. The Morgan fingerprint density at radius 1 is 1.33 bits per heavy atom. The lowest BCUT2D eigenvalue weighted by Gasteiger charge is -2.44. The van der Waals surface area contributed by atoms with Crippen molar-refractivity contribution in [3.63, 3.8) is 0 Å². The normalized spacial score (nSPS) is 24.0. The summed E-state index contributed by atoms with van der Waals surface area (Å²) in [5.41, 5.74) is 6.60. The third-order valence-electron chi connectivity index (χ3n) is 4.54. The van der Waals surface area contributed by atoms with Crippen LogP contribution in [0.3, 0.4) is 0 Å². The number of hydrogen-bond donors (Lipinski definition) is 2. The Bertz CT molecular complexity index is 566. The number of methoxy groups -OCH3 is 1. The van der Waals surface area contributed by atoms with Gasteiger partial charge >= 0.3 is 0 Å². The summed E-state index contributed by atoms with van der Waals surface area (Å²) in [5, 5.41) is 3.50. The minimum atomic E-state index is -0.146. The molecule has 0 aromatic heterocycles. The highest BCUT2D eigenvalue weighted by molar-refractivity contribution is 6.33. The van der Waals surface area contributed by atoms with Gasteiger partial charge in [0.15, 0.2) is 0 Å². The van der Waals surface area contributed by atoms with Gasteiger partial charge in [-0.25, -0.2) is 0 Å². The standard InChI is InChI=1S/C15H20ClN3O2.ClH.2H2O/c1-21-14-7-12(17)11(16)6-10(14)15(20)18-13-8-19-4-2-9(13)3-5-19;;;/h6-7,9,13H,2-5,8,17H2,1H3,(H,18,20);1H;2*1H2. The fourth-order valence-corrected chi connectivity index (χ4v) is 3.45. The van der Waals surface area contributed by atoms with E-state index < -0.39 is 0 Å². The number of piperidine rings is 3. The first-order chi connectivity index (χ1) is 10.1. The van der Waals surface area contributed by atoms with Crippen LogP contribution in [-0.2, 0) is 0 Å². The zero-order chi connectivity index (χ0) is 15.0. The molecule has 1 aromatic carbocycles. The van der Waals surface area contributed by atoms with Gasteiger partial charge in [0.25, 0.3) is 5.91 Å². The quantitative estimate of drug-likeness (QED) is 0.738. The molecular weight excluding hydrogens is 357 g/mol. The molecule has 138 valence electrons. The zero-order valence-electron chi connectivity index (χ0n) is 13.5. The number of nitrogens with zero attached hydrogens (tertiary/aromatic N) is 1. The number of nitrogens with one attached hydrogen (secondary N) is 1. The van der Waals surface area contributed by atoms with Crippen molar-refractivity contribution in [2.75, 3.05) is 32.5 Å². The number of hydrogen-bond acceptors (Lipinski definition) is 4. The van der Waals surface area contributed by atoms with E-state index in [-0.39, 0.29) is 35.3 Å². The molecule has 3 aliphatic rings. The van der Waals surface area contributed by atoms with Crippen LogP contribution in [-0.4, -0.2) is 54.5 Å². The molecule has 7 N–H and O–H groups in total. The number of carbonyl (C=O) groups excluding carboxylic acids is 1. The highest BCUT2D eigenvalue weighted by Gasteiger charge is 2.35. The predicted octanol–water partition coefficient (Wildman–Crippen LogP) is 0.527. The average Bonchev–Trinajstić information content (AvgIpc) is 2.50. The minimum absolute atomic E-state index is 0. The molecule has 24 heavy (non-hydrogen) atoms. The number of nitrogen functional groups attached to an aromatic ring is 1. The van der Waals surface area contributed by atoms with Crippen LogP contribution in [0, 0.1) is 5.92 Å². The van der Waals surface area contributed by atoms with Gasteiger partial charge in [-0.2, -0.15) is 0 Å². The third-order valence-corrected chi connectivity index (χ3v) is 4.86. The van der Waals surface area contributed by atoms with Crippen LogP contribution in [0.4, 0.5) is 5.69 Å². The summed E-state index contributed by atoms with van der Waals surface area (Å²) >= 11 is 6.02.